The molecule has 11 nitrogen and oxygen atoms in total. The number of carbonyl (C=O) groups is 2. The maximum Gasteiger partial charge on any atom is 0.406 e. The lowest BCUT2D eigenvalue weighted by Crippen LogP contribution is -2.41. The zero-order valence-corrected chi connectivity index (χ0v) is 22.5. The Morgan fingerprint density at radius 3 is 2.64 bits per heavy atom. The Morgan fingerprint density at radius 1 is 1.15 bits per heavy atom. The van der Waals surface area contributed by atoms with Crippen molar-refractivity contribution in [1.29, 1.82) is 5.26 Å². The number of nitrogens with two attached hydrogens (primary N) is 1. The Balaban J connectivity index is 0.00000353. The molecule has 3 aromatic heterocycles. The zero-order valence-electron chi connectivity index (χ0n) is 21.7. The number of hydrogen-bond donors (Lipinski definition) is 4. The normalized spacial score (nSPS) is 22.1. The van der Waals surface area contributed by atoms with Crippen molar-refractivity contribution in [2.45, 2.75) is 56.7 Å². The standard InChI is InChI=1S/C27H32N8O3.ClH/c1-30-27(37)38-15-16-8-20(9-16)33-23-11-24(25-7-6-21-10-17(12-28)13-32-35(21)25)31-14-22(23)26(36)34-19-4-2-18(29)3-5-19;/h6-7,10-11,13-14,16,18-20H,2-5,8-9,15,29H2,1H3,(H,30,37)(H,31,33)(H,34,36);1H. The van der Waals surface area contributed by atoms with Crippen LogP contribution in [0.4, 0.5) is 10.5 Å². The second-order valence-electron chi connectivity index (χ2n) is 10.1. The summed E-state index contributed by atoms with van der Waals surface area (Å²) in [5, 5.41) is 22.7. The third kappa shape index (κ3) is 6.41. The van der Waals surface area contributed by atoms with E-state index in [2.05, 4.69) is 32.1 Å². The van der Waals surface area contributed by atoms with E-state index >= 15 is 0 Å². The molecule has 0 atom stereocenters. The first kappa shape index (κ1) is 28.1. The summed E-state index contributed by atoms with van der Waals surface area (Å²) in [5.74, 6) is 0.102. The van der Waals surface area contributed by atoms with Gasteiger partial charge in [-0.1, -0.05) is 0 Å². The highest BCUT2D eigenvalue weighted by Gasteiger charge is 2.31. The van der Waals surface area contributed by atoms with Gasteiger partial charge in [0.15, 0.2) is 0 Å². The summed E-state index contributed by atoms with van der Waals surface area (Å²) < 4.78 is 6.91. The molecule has 206 valence electrons. The highest BCUT2D eigenvalue weighted by molar-refractivity contribution is 6.00. The van der Waals surface area contributed by atoms with Crippen molar-refractivity contribution in [1.82, 2.24) is 25.2 Å². The molecular weight excluding hydrogens is 520 g/mol. The van der Waals surface area contributed by atoms with Crippen molar-refractivity contribution in [2.24, 2.45) is 11.7 Å². The average Bonchev–Trinajstić information content (AvgIpc) is 3.34. The fraction of sp³-hybridized carbons (Fsp3) is 0.444. The van der Waals surface area contributed by atoms with Crippen molar-refractivity contribution < 1.29 is 14.3 Å². The minimum absolute atomic E-state index is 0. The van der Waals surface area contributed by atoms with Crippen LogP contribution in [0, 0.1) is 17.2 Å². The number of nitriles is 1. The summed E-state index contributed by atoms with van der Waals surface area (Å²) in [7, 11) is 1.54. The number of nitrogens with zero attached hydrogens (tertiary/aromatic N) is 4. The second-order valence-corrected chi connectivity index (χ2v) is 10.1. The number of pyridine rings is 1. The van der Waals surface area contributed by atoms with Crippen LogP contribution in [0.15, 0.2) is 36.7 Å². The van der Waals surface area contributed by atoms with Gasteiger partial charge in [-0.3, -0.25) is 9.78 Å². The molecule has 2 fully saturated rings. The first-order chi connectivity index (χ1) is 18.4. The monoisotopic (exact) mass is 552 g/mol. The van der Waals surface area contributed by atoms with E-state index in [4.69, 9.17) is 10.5 Å². The smallest absolute Gasteiger partial charge is 0.406 e. The third-order valence-electron chi connectivity index (χ3n) is 7.40. The largest absolute Gasteiger partial charge is 0.449 e. The van der Waals surface area contributed by atoms with Crippen LogP contribution in [0.3, 0.4) is 0 Å². The van der Waals surface area contributed by atoms with Crippen molar-refractivity contribution in [3.63, 3.8) is 0 Å². The van der Waals surface area contributed by atoms with Crippen LogP contribution in [0.5, 0.6) is 0 Å². The number of anilines is 1. The number of ether oxygens (including phenoxy) is 1. The number of carbonyl (C=O) groups excluding carboxylic acids is 2. The van der Waals surface area contributed by atoms with Gasteiger partial charge >= 0.3 is 6.09 Å². The Kier molecular flexibility index (Phi) is 8.89. The van der Waals surface area contributed by atoms with Crippen LogP contribution in [0.25, 0.3) is 16.9 Å². The van der Waals surface area contributed by atoms with Gasteiger partial charge in [0.2, 0.25) is 0 Å². The molecule has 0 bridgehead atoms. The topological polar surface area (TPSA) is 159 Å². The van der Waals surface area contributed by atoms with Gasteiger partial charge in [0.25, 0.3) is 5.91 Å². The Bertz CT molecular complexity index is 1370. The quantitative estimate of drug-likeness (QED) is 0.347. The number of amides is 2. The lowest BCUT2D eigenvalue weighted by atomic mass is 9.80. The predicted molar refractivity (Wildman–Crippen MR) is 149 cm³/mol. The van der Waals surface area contributed by atoms with Crippen molar-refractivity contribution in [3.05, 3.63) is 47.8 Å². The molecule has 0 aromatic carbocycles. The molecule has 3 heterocycles. The molecule has 0 saturated heterocycles. The Labute approximate surface area is 232 Å². The van der Waals surface area contributed by atoms with E-state index in [1.165, 1.54) is 13.2 Å². The molecule has 2 amide bonds. The van der Waals surface area contributed by atoms with Gasteiger partial charge in [0, 0.05) is 31.4 Å². The fourth-order valence-electron chi connectivity index (χ4n) is 5.15. The zero-order chi connectivity index (χ0) is 26.6. The summed E-state index contributed by atoms with van der Waals surface area (Å²) in [4.78, 5) is 29.3. The van der Waals surface area contributed by atoms with Crippen LogP contribution in [0.1, 0.15) is 54.4 Å². The number of alkyl carbamates (subject to hydrolysis) is 1. The molecule has 2 aliphatic carbocycles. The lowest BCUT2D eigenvalue weighted by Gasteiger charge is -2.36. The Hall–Kier alpha value is -3.88. The van der Waals surface area contributed by atoms with E-state index in [1.807, 2.05) is 18.2 Å². The molecule has 0 aliphatic heterocycles. The second kappa shape index (κ2) is 12.3. The van der Waals surface area contributed by atoms with E-state index < -0.39 is 6.09 Å². The van der Waals surface area contributed by atoms with Crippen LogP contribution >= 0.6 is 12.4 Å². The van der Waals surface area contributed by atoms with Gasteiger partial charge in [-0.05, 0) is 68.7 Å². The minimum Gasteiger partial charge on any atom is -0.449 e. The average molecular weight is 553 g/mol. The predicted octanol–water partition coefficient (Wildman–Crippen LogP) is 3.24. The molecular formula is C27H33ClN8O3. The minimum atomic E-state index is -0.433. The van der Waals surface area contributed by atoms with Gasteiger partial charge in [-0.15, -0.1) is 12.4 Å². The molecule has 3 aromatic rings. The van der Waals surface area contributed by atoms with E-state index in [1.54, 1.807) is 16.8 Å². The first-order valence-corrected chi connectivity index (χ1v) is 13.0. The summed E-state index contributed by atoms with van der Waals surface area (Å²) >= 11 is 0. The molecule has 0 radical (unpaired) electrons. The van der Waals surface area contributed by atoms with Crippen LogP contribution in [-0.2, 0) is 4.74 Å². The molecule has 2 aliphatic rings. The highest BCUT2D eigenvalue weighted by atomic mass is 35.5. The van der Waals surface area contributed by atoms with Crippen molar-refractivity contribution >= 4 is 35.6 Å². The molecule has 12 heteroatoms. The van der Waals surface area contributed by atoms with E-state index in [9.17, 15) is 14.9 Å². The number of aromatic nitrogens is 3. The number of rotatable bonds is 7. The van der Waals surface area contributed by atoms with Gasteiger partial charge in [-0.2, -0.15) is 10.4 Å². The molecule has 5 rings (SSSR count). The van der Waals surface area contributed by atoms with Gasteiger partial charge in [0.05, 0.1) is 46.5 Å². The van der Waals surface area contributed by atoms with E-state index in [-0.39, 0.29) is 42.4 Å². The number of halogens is 1. The van der Waals surface area contributed by atoms with Crippen LogP contribution in [0.2, 0.25) is 0 Å². The van der Waals surface area contributed by atoms with Crippen LogP contribution in [-0.4, -0.2) is 58.4 Å². The molecule has 0 spiro atoms. The van der Waals surface area contributed by atoms with Crippen molar-refractivity contribution in [3.8, 4) is 17.5 Å². The number of nitrogens with one attached hydrogen (secondary N) is 3. The van der Waals surface area contributed by atoms with Crippen LogP contribution < -0.4 is 21.7 Å². The summed E-state index contributed by atoms with van der Waals surface area (Å²) in [6.07, 6.45) is 7.86. The lowest BCUT2D eigenvalue weighted by molar-refractivity contribution is 0.0923. The maximum absolute atomic E-state index is 13.3. The third-order valence-corrected chi connectivity index (χ3v) is 7.40. The summed E-state index contributed by atoms with van der Waals surface area (Å²) in [6, 6.07) is 9.97. The fourth-order valence-corrected chi connectivity index (χ4v) is 5.15. The first-order valence-electron chi connectivity index (χ1n) is 13.0. The molecule has 39 heavy (non-hydrogen) atoms. The number of fused-ring (bicyclic) bond motifs is 1. The number of hydrogen-bond acceptors (Lipinski definition) is 8. The highest BCUT2D eigenvalue weighted by Crippen LogP contribution is 2.33. The Morgan fingerprint density at radius 2 is 1.92 bits per heavy atom. The molecule has 2 saturated carbocycles. The van der Waals surface area contributed by atoms with Gasteiger partial charge in [0.1, 0.15) is 6.07 Å². The summed E-state index contributed by atoms with van der Waals surface area (Å²) in [6.45, 7) is 0.364. The molecule has 0 unspecified atom stereocenters. The maximum atomic E-state index is 13.3. The summed E-state index contributed by atoms with van der Waals surface area (Å²) in [5.41, 5.74) is 9.88. The van der Waals surface area contributed by atoms with E-state index in [0.717, 1.165) is 49.7 Å². The van der Waals surface area contributed by atoms with Gasteiger partial charge in [-0.25, -0.2) is 9.31 Å². The van der Waals surface area contributed by atoms with Gasteiger partial charge < -0.3 is 26.4 Å². The van der Waals surface area contributed by atoms with E-state index in [0.29, 0.717) is 29.1 Å². The molecule has 5 N–H and O–H groups in total. The SMILES string of the molecule is CNC(=O)OCC1CC(Nc2cc(-c3ccc4cc(C#N)cnn34)ncc2C(=O)NC2CCC(N)CC2)C1.Cl. The van der Waals surface area contributed by atoms with Crippen molar-refractivity contribution in [2.75, 3.05) is 19.0 Å².